The molecule has 16 heavy (non-hydrogen) atoms. The Morgan fingerprint density at radius 3 is 2.75 bits per heavy atom. The Bertz CT molecular complexity index is 400. The van der Waals surface area contributed by atoms with Crippen molar-refractivity contribution in [3.8, 4) is 6.07 Å². The van der Waals surface area contributed by atoms with E-state index in [0.29, 0.717) is 13.6 Å². The first-order valence-corrected chi connectivity index (χ1v) is 4.86. The predicted molar refractivity (Wildman–Crippen MR) is 60.5 cm³/mol. The number of nitrogens with zero attached hydrogens (tertiary/aromatic N) is 2. The summed E-state index contributed by atoms with van der Waals surface area (Å²) < 4.78 is 10.2. The molecule has 0 aliphatic heterocycles. The maximum atomic E-state index is 10.2. The Labute approximate surface area is 94.5 Å². The second-order valence-electron chi connectivity index (χ2n) is 3.27. The zero-order chi connectivity index (χ0) is 11.8. The molecule has 0 aliphatic rings. The van der Waals surface area contributed by atoms with E-state index in [9.17, 15) is 9.81 Å². The molecule has 1 aromatic rings. The molecule has 0 amide bonds. The van der Waals surface area contributed by atoms with Gasteiger partial charge in [-0.15, -0.1) is 0 Å². The zero-order valence-electron chi connectivity index (χ0n) is 8.65. The van der Waals surface area contributed by atoms with Crippen molar-refractivity contribution >= 4 is 13.3 Å². The Hall–Kier alpha value is -1.80. The zero-order valence-corrected chi connectivity index (χ0v) is 8.65. The molecule has 0 aromatic heterocycles. The minimum absolute atomic E-state index is 0.430. The van der Waals surface area contributed by atoms with Crippen molar-refractivity contribution in [2.24, 2.45) is 4.99 Å². The van der Waals surface area contributed by atoms with Crippen LogP contribution in [0, 0.1) is 11.3 Å². The van der Waals surface area contributed by atoms with Crippen molar-refractivity contribution < 1.29 is 9.81 Å². The second kappa shape index (κ2) is 6.65. The van der Waals surface area contributed by atoms with Crippen molar-refractivity contribution in [1.82, 2.24) is 0 Å². The summed E-state index contributed by atoms with van der Waals surface area (Å²) >= 11 is 0. The van der Waals surface area contributed by atoms with Crippen LogP contribution < -0.4 is 0 Å². The van der Waals surface area contributed by atoms with Crippen molar-refractivity contribution in [2.45, 2.75) is 18.6 Å². The van der Waals surface area contributed by atoms with E-state index >= 15 is 0 Å². The van der Waals surface area contributed by atoms with E-state index in [1.165, 1.54) is 0 Å². The van der Waals surface area contributed by atoms with Crippen LogP contribution in [0.25, 0.3) is 0 Å². The molecular formula is C11H11BN2O2. The number of hydrogen-bond donors (Lipinski definition) is 1. The molecule has 4 nitrogen and oxygen atoms in total. The summed E-state index contributed by atoms with van der Waals surface area (Å²) in [6, 6.07) is 10.5. The Kier molecular flexibility index (Phi) is 5.10. The van der Waals surface area contributed by atoms with Crippen LogP contribution in [0.2, 0.25) is 0 Å². The van der Waals surface area contributed by atoms with Gasteiger partial charge in [-0.3, -0.25) is 0 Å². The van der Waals surface area contributed by atoms with Gasteiger partial charge in [0.1, 0.15) is 0 Å². The first-order valence-electron chi connectivity index (χ1n) is 4.86. The summed E-state index contributed by atoms with van der Waals surface area (Å²) in [5.41, 5.74) is 0.963. The van der Waals surface area contributed by atoms with Gasteiger partial charge in [-0.1, -0.05) is 0 Å². The van der Waals surface area contributed by atoms with Crippen LogP contribution in [0.1, 0.15) is 5.56 Å². The third kappa shape index (κ3) is 3.75. The maximum absolute atomic E-state index is 10.2. The molecular weight excluding hydrogens is 203 g/mol. The quantitative estimate of drug-likeness (QED) is 0.442. The molecule has 0 spiro atoms. The first-order chi connectivity index (χ1) is 7.77. The van der Waals surface area contributed by atoms with Crippen molar-refractivity contribution in [3.05, 3.63) is 35.9 Å². The second-order valence-corrected chi connectivity index (χ2v) is 3.27. The van der Waals surface area contributed by atoms with Crippen molar-refractivity contribution in [3.63, 3.8) is 0 Å². The Morgan fingerprint density at radius 1 is 1.50 bits per heavy atom. The van der Waals surface area contributed by atoms with Gasteiger partial charge in [0.05, 0.1) is 0 Å². The first kappa shape index (κ1) is 12.3. The summed E-state index contributed by atoms with van der Waals surface area (Å²) in [5.74, 6) is 0. The molecule has 80 valence electrons. The van der Waals surface area contributed by atoms with E-state index in [1.54, 1.807) is 6.07 Å². The normalized spacial score (nSPS) is 14.0. The van der Waals surface area contributed by atoms with Gasteiger partial charge in [-0.25, -0.2) is 0 Å². The van der Waals surface area contributed by atoms with Crippen LogP contribution in [0.4, 0.5) is 0 Å². The molecule has 1 rings (SSSR count). The average molecular weight is 214 g/mol. The van der Waals surface area contributed by atoms with E-state index in [4.69, 9.17) is 5.26 Å². The molecule has 0 heterocycles. The fraction of sp³-hybridized carbons (Fsp3) is 0.273. The topological polar surface area (TPSA) is 73.4 Å². The number of hydrogen-bond acceptors (Lipinski definition) is 4. The van der Waals surface area contributed by atoms with Crippen molar-refractivity contribution in [2.75, 3.05) is 0 Å². The van der Waals surface area contributed by atoms with Crippen LogP contribution >= 0.6 is 0 Å². The summed E-state index contributed by atoms with van der Waals surface area (Å²) in [4.78, 5) is 3.84. The van der Waals surface area contributed by atoms with Crippen LogP contribution in [0.3, 0.4) is 0 Å². The van der Waals surface area contributed by atoms with Crippen LogP contribution in [0.5, 0.6) is 0 Å². The number of aliphatic hydroxyl groups is 1. The summed E-state index contributed by atoms with van der Waals surface area (Å²) in [6.07, 6.45) is 0.296. The molecule has 0 saturated heterocycles. The number of rotatable bonds is 5. The number of aliphatic imine (C=N–C) groups is 1. The predicted octanol–water partition coefficient (Wildman–Crippen LogP) is 0.560. The molecule has 2 unspecified atom stereocenters. The van der Waals surface area contributed by atoms with Gasteiger partial charge >= 0.3 is 93.9 Å². The summed E-state index contributed by atoms with van der Waals surface area (Å²) in [6.45, 7) is 0. The third-order valence-electron chi connectivity index (χ3n) is 2.12. The van der Waals surface area contributed by atoms with Crippen LogP contribution in [-0.4, -0.2) is 30.5 Å². The fourth-order valence-corrected chi connectivity index (χ4v) is 1.33. The molecule has 5 heteroatoms. The van der Waals surface area contributed by atoms with Gasteiger partial charge in [0.25, 0.3) is 0 Å². The summed E-state index contributed by atoms with van der Waals surface area (Å²) in [7, 11) is 0.530. The van der Waals surface area contributed by atoms with Gasteiger partial charge < -0.3 is 0 Å². The van der Waals surface area contributed by atoms with Crippen LogP contribution in [0.15, 0.2) is 35.3 Å². The Balaban J connectivity index is 2.75. The summed E-state index contributed by atoms with van der Waals surface area (Å²) in [5, 5.41) is 18.0. The number of aliphatic hydroxyl groups excluding tert-OH is 1. The molecule has 1 N–H and O–H groups in total. The van der Waals surface area contributed by atoms with Crippen molar-refractivity contribution in [1.29, 1.82) is 5.26 Å². The number of benzene rings is 1. The molecule has 0 saturated carbocycles. The standard InChI is InChI=1S/C11H11BN2O2/c13-7-11(15)10(14-8-12-16)6-9-4-2-1-3-5-9/h1-5,8,10-11,15H,6H2. The van der Waals surface area contributed by atoms with Gasteiger partial charge in [0.2, 0.25) is 0 Å². The van der Waals surface area contributed by atoms with Gasteiger partial charge in [-0.2, -0.15) is 0 Å². The average Bonchev–Trinajstić information content (AvgIpc) is 2.34. The molecule has 2 atom stereocenters. The minimum atomic E-state index is -1.20. The third-order valence-corrected chi connectivity index (χ3v) is 2.12. The molecule has 0 bridgehead atoms. The molecule has 0 fully saturated rings. The van der Waals surface area contributed by atoms with E-state index in [1.807, 2.05) is 30.3 Å². The number of nitriles is 1. The van der Waals surface area contributed by atoms with E-state index < -0.39 is 12.1 Å². The monoisotopic (exact) mass is 214 g/mol. The van der Waals surface area contributed by atoms with E-state index in [0.717, 1.165) is 11.7 Å². The van der Waals surface area contributed by atoms with Crippen LogP contribution in [-0.2, 0) is 11.1 Å². The molecule has 0 radical (unpaired) electrons. The van der Waals surface area contributed by atoms with E-state index in [-0.39, 0.29) is 0 Å². The molecule has 0 aliphatic carbocycles. The van der Waals surface area contributed by atoms with Gasteiger partial charge in [0.15, 0.2) is 0 Å². The van der Waals surface area contributed by atoms with Gasteiger partial charge in [-0.05, 0) is 0 Å². The van der Waals surface area contributed by atoms with E-state index in [2.05, 4.69) is 4.99 Å². The fourth-order valence-electron chi connectivity index (χ4n) is 1.33. The molecule has 1 aromatic carbocycles. The van der Waals surface area contributed by atoms with Gasteiger partial charge in [0, 0.05) is 0 Å². The Morgan fingerprint density at radius 2 is 2.19 bits per heavy atom. The SMILES string of the molecule is N#CC(O)C(Cc1ccccc1)N=CB=O.